The number of H-pyrrole nitrogens is 1. The summed E-state index contributed by atoms with van der Waals surface area (Å²) in [6.45, 7) is 2.30. The number of unbranched alkanes of at least 4 members (excludes halogenated alkanes) is 1. The van der Waals surface area contributed by atoms with E-state index in [2.05, 4.69) is 16.9 Å². The third kappa shape index (κ3) is 5.01. The van der Waals surface area contributed by atoms with Gasteiger partial charge in [-0.1, -0.05) is 19.8 Å². The molecule has 1 saturated carbocycles. The summed E-state index contributed by atoms with van der Waals surface area (Å²) in [5.41, 5.74) is 7.29. The van der Waals surface area contributed by atoms with Gasteiger partial charge in [-0.15, -0.1) is 0 Å². The highest BCUT2D eigenvalue weighted by atomic mass is 16.6. The number of nitro groups is 1. The molecule has 0 spiro atoms. The Labute approximate surface area is 143 Å². The van der Waals surface area contributed by atoms with Crippen LogP contribution in [0.2, 0.25) is 0 Å². The Morgan fingerprint density at radius 2 is 2.17 bits per heavy atom. The van der Waals surface area contributed by atoms with Crippen LogP contribution in [0.5, 0.6) is 0 Å². The maximum Gasteiger partial charge on any atom is 0.213 e. The fourth-order valence-electron chi connectivity index (χ4n) is 3.59. The second kappa shape index (κ2) is 9.13. The predicted molar refractivity (Wildman–Crippen MR) is 92.2 cm³/mol. The molecule has 1 fully saturated rings. The Bertz CT molecular complexity index is 512. The molecule has 0 bridgehead atoms. The monoisotopic (exact) mass is 338 g/mol. The summed E-state index contributed by atoms with van der Waals surface area (Å²) >= 11 is 0. The molecule has 24 heavy (non-hydrogen) atoms. The quantitative estimate of drug-likeness (QED) is 0.472. The normalized spacial score (nSPS) is 23.8. The Kier molecular flexibility index (Phi) is 7.17. The number of hydrogen-bond acceptors (Lipinski definition) is 5. The van der Waals surface area contributed by atoms with Crippen LogP contribution in [0.3, 0.4) is 0 Å². The van der Waals surface area contributed by atoms with Gasteiger partial charge in [0.1, 0.15) is 5.82 Å². The lowest BCUT2D eigenvalue weighted by atomic mass is 9.84. The first-order chi connectivity index (χ1) is 11.5. The Hall–Kier alpha value is -1.47. The number of aliphatic hydroxyl groups excluding tert-OH is 1. The van der Waals surface area contributed by atoms with Crippen molar-refractivity contribution in [2.75, 3.05) is 6.61 Å². The van der Waals surface area contributed by atoms with E-state index in [1.165, 1.54) is 0 Å². The molecule has 7 nitrogen and oxygen atoms in total. The van der Waals surface area contributed by atoms with Gasteiger partial charge in [0.05, 0.1) is 6.04 Å². The fourth-order valence-corrected chi connectivity index (χ4v) is 3.59. The minimum absolute atomic E-state index is 0.157. The lowest BCUT2D eigenvalue weighted by molar-refractivity contribution is -0.526. The van der Waals surface area contributed by atoms with Gasteiger partial charge in [0.15, 0.2) is 0 Å². The molecule has 1 unspecified atom stereocenters. The smallest absolute Gasteiger partial charge is 0.213 e. The molecule has 0 radical (unpaired) electrons. The minimum atomic E-state index is -0.394. The molecule has 1 aromatic heterocycles. The highest BCUT2D eigenvalue weighted by Crippen LogP contribution is 2.33. The maximum atomic E-state index is 10.8. The molecule has 2 rings (SSSR count). The van der Waals surface area contributed by atoms with E-state index in [1.807, 2.05) is 6.20 Å². The molecule has 1 aliphatic rings. The number of nitrogens with one attached hydrogen (secondary N) is 1. The summed E-state index contributed by atoms with van der Waals surface area (Å²) in [6, 6.07) is -0.599. The third-order valence-electron chi connectivity index (χ3n) is 5.21. The molecule has 0 aromatic carbocycles. The Morgan fingerprint density at radius 1 is 1.46 bits per heavy atom. The number of nitrogens with two attached hydrogens (primary N) is 1. The number of aromatic amines is 1. The van der Waals surface area contributed by atoms with E-state index in [-0.39, 0.29) is 23.5 Å². The third-order valence-corrected chi connectivity index (χ3v) is 5.21. The van der Waals surface area contributed by atoms with Crippen molar-refractivity contribution in [3.05, 3.63) is 27.8 Å². The SMILES string of the molecule is CCCCC(CO)C[C@H](N)c1ncc(C2CCC([N+](=O)[O-])CC2)[nH]1. The van der Waals surface area contributed by atoms with Gasteiger partial charge in [-0.05, 0) is 31.6 Å². The second-order valence-corrected chi connectivity index (χ2v) is 7.05. The van der Waals surface area contributed by atoms with Crippen molar-refractivity contribution in [3.63, 3.8) is 0 Å². The Morgan fingerprint density at radius 3 is 2.75 bits per heavy atom. The van der Waals surface area contributed by atoms with Crippen LogP contribution in [0.25, 0.3) is 0 Å². The molecule has 1 aliphatic carbocycles. The lowest BCUT2D eigenvalue weighted by Gasteiger charge is -2.23. The molecule has 0 aliphatic heterocycles. The first-order valence-electron chi connectivity index (χ1n) is 9.09. The molecule has 0 amide bonds. The number of aliphatic hydroxyl groups is 1. The number of nitrogens with zero attached hydrogens (tertiary/aromatic N) is 2. The number of imidazole rings is 1. The van der Waals surface area contributed by atoms with Gasteiger partial charge in [0, 0.05) is 42.2 Å². The molecule has 1 aromatic rings. The molecule has 136 valence electrons. The molecule has 7 heteroatoms. The summed E-state index contributed by atoms with van der Waals surface area (Å²) in [7, 11) is 0. The number of rotatable bonds is 9. The van der Waals surface area contributed by atoms with Crippen molar-refractivity contribution in [3.8, 4) is 0 Å². The van der Waals surface area contributed by atoms with Crippen LogP contribution in [0.15, 0.2) is 6.20 Å². The standard InChI is InChI=1S/C17H30N4O3/c1-2-3-4-12(11-22)9-15(18)17-19-10-16(20-17)13-5-7-14(8-6-13)21(23)24/h10,12-15,22H,2-9,11,18H2,1H3,(H,19,20)/t12?,13?,14?,15-/m0/s1. The number of hydrogen-bond donors (Lipinski definition) is 3. The highest BCUT2D eigenvalue weighted by Gasteiger charge is 2.30. The van der Waals surface area contributed by atoms with Crippen LogP contribution < -0.4 is 5.73 Å². The van der Waals surface area contributed by atoms with E-state index in [0.29, 0.717) is 18.8 Å². The molecule has 1 heterocycles. The first-order valence-corrected chi connectivity index (χ1v) is 9.09. The summed E-state index contributed by atoms with van der Waals surface area (Å²) in [6.07, 6.45) is 8.63. The van der Waals surface area contributed by atoms with Gasteiger partial charge in [0.25, 0.3) is 0 Å². The van der Waals surface area contributed by atoms with Crippen molar-refractivity contribution < 1.29 is 10.0 Å². The average Bonchev–Trinajstić information content (AvgIpc) is 3.08. The van der Waals surface area contributed by atoms with Crippen LogP contribution in [-0.4, -0.2) is 32.6 Å². The van der Waals surface area contributed by atoms with Crippen molar-refractivity contribution >= 4 is 0 Å². The number of aromatic nitrogens is 2. The van der Waals surface area contributed by atoms with Crippen LogP contribution in [-0.2, 0) is 0 Å². The average molecular weight is 338 g/mol. The van der Waals surface area contributed by atoms with Crippen LogP contribution >= 0.6 is 0 Å². The molecular weight excluding hydrogens is 308 g/mol. The topological polar surface area (TPSA) is 118 Å². The van der Waals surface area contributed by atoms with E-state index in [9.17, 15) is 15.2 Å². The molecule has 4 N–H and O–H groups in total. The largest absolute Gasteiger partial charge is 0.396 e. The van der Waals surface area contributed by atoms with E-state index >= 15 is 0 Å². The van der Waals surface area contributed by atoms with Gasteiger partial charge >= 0.3 is 0 Å². The zero-order valence-electron chi connectivity index (χ0n) is 14.5. The summed E-state index contributed by atoms with van der Waals surface area (Å²) < 4.78 is 0. The van der Waals surface area contributed by atoms with Gasteiger partial charge in [-0.2, -0.15) is 0 Å². The zero-order valence-corrected chi connectivity index (χ0v) is 14.5. The lowest BCUT2D eigenvalue weighted by Crippen LogP contribution is -2.25. The van der Waals surface area contributed by atoms with E-state index in [4.69, 9.17) is 5.73 Å². The maximum absolute atomic E-state index is 10.8. The van der Waals surface area contributed by atoms with Crippen molar-refractivity contribution in [1.82, 2.24) is 9.97 Å². The van der Waals surface area contributed by atoms with Gasteiger partial charge in [0.2, 0.25) is 6.04 Å². The van der Waals surface area contributed by atoms with Crippen LogP contribution in [0, 0.1) is 16.0 Å². The van der Waals surface area contributed by atoms with E-state index in [0.717, 1.165) is 50.0 Å². The predicted octanol–water partition coefficient (Wildman–Crippen LogP) is 2.90. The Balaban J connectivity index is 1.89. The zero-order chi connectivity index (χ0) is 17.5. The highest BCUT2D eigenvalue weighted by molar-refractivity contribution is 5.11. The van der Waals surface area contributed by atoms with E-state index in [1.54, 1.807) is 0 Å². The molecular formula is C17H30N4O3. The fraction of sp³-hybridized carbons (Fsp3) is 0.824. The molecule has 2 atom stereocenters. The van der Waals surface area contributed by atoms with Gasteiger partial charge in [-0.25, -0.2) is 4.98 Å². The second-order valence-electron chi connectivity index (χ2n) is 7.05. The summed E-state index contributed by atoms with van der Waals surface area (Å²) in [5.74, 6) is 1.28. The van der Waals surface area contributed by atoms with Gasteiger partial charge < -0.3 is 15.8 Å². The van der Waals surface area contributed by atoms with Crippen LogP contribution in [0.1, 0.15) is 81.8 Å². The summed E-state index contributed by atoms with van der Waals surface area (Å²) in [5, 5.41) is 20.3. The van der Waals surface area contributed by atoms with Gasteiger partial charge in [-0.3, -0.25) is 10.1 Å². The first kappa shape index (κ1) is 18.9. The van der Waals surface area contributed by atoms with E-state index < -0.39 is 6.04 Å². The van der Waals surface area contributed by atoms with Crippen molar-refractivity contribution in [2.24, 2.45) is 11.7 Å². The van der Waals surface area contributed by atoms with Crippen LogP contribution in [0.4, 0.5) is 0 Å². The van der Waals surface area contributed by atoms with Crippen molar-refractivity contribution in [2.45, 2.75) is 76.3 Å². The van der Waals surface area contributed by atoms with Crippen molar-refractivity contribution in [1.29, 1.82) is 0 Å². The minimum Gasteiger partial charge on any atom is -0.396 e. The molecule has 0 saturated heterocycles. The summed E-state index contributed by atoms with van der Waals surface area (Å²) in [4.78, 5) is 18.4.